The Morgan fingerprint density at radius 2 is 1.90 bits per heavy atom. The lowest BCUT2D eigenvalue weighted by molar-refractivity contribution is 0.181. The van der Waals surface area contributed by atoms with Gasteiger partial charge >= 0.3 is 0 Å². The highest BCUT2D eigenvalue weighted by molar-refractivity contribution is 5.41. The largest absolute Gasteiger partial charge is 0.496 e. The molecule has 3 nitrogen and oxygen atoms in total. The highest BCUT2D eigenvalue weighted by Crippen LogP contribution is 2.41. The summed E-state index contributed by atoms with van der Waals surface area (Å²) in [6.45, 7) is 0.903. The topological polar surface area (TPSA) is 44.5 Å². The average Bonchev–Trinajstić information content (AvgIpc) is 2.49. The second-order valence-corrected chi connectivity index (χ2v) is 5.62. The van der Waals surface area contributed by atoms with Crippen LogP contribution in [-0.4, -0.2) is 20.8 Å². The lowest BCUT2D eigenvalue weighted by Gasteiger charge is -2.37. The molecule has 0 bridgehead atoms. The van der Waals surface area contributed by atoms with Crippen LogP contribution in [0.4, 0.5) is 4.39 Å². The van der Waals surface area contributed by atoms with Crippen molar-refractivity contribution in [3.05, 3.63) is 29.1 Å². The van der Waals surface area contributed by atoms with Gasteiger partial charge in [0.25, 0.3) is 0 Å². The summed E-state index contributed by atoms with van der Waals surface area (Å²) >= 11 is 0. The smallest absolute Gasteiger partial charge is 0.130 e. The Labute approximate surface area is 120 Å². The molecule has 1 saturated carbocycles. The molecular formula is C16H24FNO2. The van der Waals surface area contributed by atoms with Gasteiger partial charge in [0.1, 0.15) is 11.6 Å². The van der Waals surface area contributed by atoms with Crippen molar-refractivity contribution in [2.24, 2.45) is 5.73 Å². The van der Waals surface area contributed by atoms with Crippen LogP contribution in [-0.2, 0) is 16.8 Å². The summed E-state index contributed by atoms with van der Waals surface area (Å²) in [6.07, 6.45) is 5.35. The van der Waals surface area contributed by atoms with E-state index in [1.165, 1.54) is 12.5 Å². The fourth-order valence-corrected chi connectivity index (χ4v) is 3.28. The van der Waals surface area contributed by atoms with Gasteiger partial charge in [-0.2, -0.15) is 0 Å². The molecule has 112 valence electrons. The zero-order valence-corrected chi connectivity index (χ0v) is 12.4. The van der Waals surface area contributed by atoms with Gasteiger partial charge < -0.3 is 15.2 Å². The van der Waals surface area contributed by atoms with E-state index in [0.29, 0.717) is 18.9 Å². The Hall–Kier alpha value is -1.13. The van der Waals surface area contributed by atoms with Crippen molar-refractivity contribution >= 4 is 0 Å². The SMILES string of the molecule is COCc1cc(C2(CN)CCCCC2)c(F)cc1OC. The van der Waals surface area contributed by atoms with Crippen LogP contribution < -0.4 is 10.5 Å². The van der Waals surface area contributed by atoms with E-state index in [9.17, 15) is 4.39 Å². The minimum absolute atomic E-state index is 0.214. The van der Waals surface area contributed by atoms with Crippen LogP contribution in [0.5, 0.6) is 5.75 Å². The first-order valence-corrected chi connectivity index (χ1v) is 7.23. The summed E-state index contributed by atoms with van der Waals surface area (Å²) in [7, 11) is 3.18. The maximum absolute atomic E-state index is 14.5. The number of benzene rings is 1. The summed E-state index contributed by atoms with van der Waals surface area (Å²) in [5.41, 5.74) is 7.39. The van der Waals surface area contributed by atoms with E-state index in [2.05, 4.69) is 0 Å². The van der Waals surface area contributed by atoms with E-state index in [1.807, 2.05) is 6.07 Å². The van der Waals surface area contributed by atoms with Gasteiger partial charge in [-0.15, -0.1) is 0 Å². The van der Waals surface area contributed by atoms with Gasteiger partial charge in [-0.05, 0) is 24.5 Å². The van der Waals surface area contributed by atoms with E-state index in [-0.39, 0.29) is 11.2 Å². The van der Waals surface area contributed by atoms with Gasteiger partial charge in [0.15, 0.2) is 0 Å². The minimum Gasteiger partial charge on any atom is -0.496 e. The number of methoxy groups -OCH3 is 2. The highest BCUT2D eigenvalue weighted by Gasteiger charge is 2.35. The van der Waals surface area contributed by atoms with Gasteiger partial charge in [0.05, 0.1) is 13.7 Å². The molecule has 1 aromatic carbocycles. The molecule has 0 aliphatic heterocycles. The third-order valence-electron chi connectivity index (χ3n) is 4.44. The fourth-order valence-electron chi connectivity index (χ4n) is 3.28. The molecule has 2 rings (SSSR count). The second-order valence-electron chi connectivity index (χ2n) is 5.62. The highest BCUT2D eigenvalue weighted by atomic mass is 19.1. The first-order valence-electron chi connectivity index (χ1n) is 7.23. The van der Waals surface area contributed by atoms with Gasteiger partial charge in [0.2, 0.25) is 0 Å². The van der Waals surface area contributed by atoms with Crippen molar-refractivity contribution in [2.45, 2.75) is 44.1 Å². The molecule has 1 aliphatic rings. The number of hydrogen-bond donors (Lipinski definition) is 1. The van der Waals surface area contributed by atoms with E-state index >= 15 is 0 Å². The third kappa shape index (κ3) is 2.81. The summed E-state index contributed by atoms with van der Waals surface area (Å²) in [5.74, 6) is 0.324. The van der Waals surface area contributed by atoms with Crippen LogP contribution in [0.3, 0.4) is 0 Å². The first kappa shape index (κ1) is 15.3. The van der Waals surface area contributed by atoms with Crippen LogP contribution >= 0.6 is 0 Å². The summed E-state index contributed by atoms with van der Waals surface area (Å²) < 4.78 is 24.9. The summed E-state index contributed by atoms with van der Waals surface area (Å²) in [5, 5.41) is 0. The molecule has 0 atom stereocenters. The van der Waals surface area contributed by atoms with Gasteiger partial charge in [-0.25, -0.2) is 4.39 Å². The molecule has 0 amide bonds. The standard InChI is InChI=1S/C16H24FNO2/c1-19-10-12-8-13(14(17)9-15(12)20-2)16(11-18)6-4-3-5-7-16/h8-9H,3-7,10-11,18H2,1-2H3. The minimum atomic E-state index is -0.225. The average molecular weight is 281 g/mol. The second kappa shape index (κ2) is 6.55. The Balaban J connectivity index is 2.46. The molecule has 2 N–H and O–H groups in total. The van der Waals surface area contributed by atoms with Gasteiger partial charge in [-0.1, -0.05) is 19.3 Å². The van der Waals surface area contributed by atoms with Crippen molar-refractivity contribution in [3.63, 3.8) is 0 Å². The van der Waals surface area contributed by atoms with E-state index in [0.717, 1.165) is 36.8 Å². The number of hydrogen-bond acceptors (Lipinski definition) is 3. The number of halogens is 1. The molecule has 1 aromatic rings. The monoisotopic (exact) mass is 281 g/mol. The maximum Gasteiger partial charge on any atom is 0.130 e. The molecule has 0 saturated heterocycles. The molecule has 0 unspecified atom stereocenters. The number of nitrogens with two attached hydrogens (primary N) is 1. The normalized spacial score (nSPS) is 18.0. The Kier molecular flexibility index (Phi) is 5.00. The van der Waals surface area contributed by atoms with Crippen LogP contribution in [0, 0.1) is 5.82 Å². The molecule has 0 heterocycles. The van der Waals surface area contributed by atoms with Crippen molar-refractivity contribution in [1.29, 1.82) is 0 Å². The maximum atomic E-state index is 14.5. The van der Waals surface area contributed by atoms with Crippen molar-refractivity contribution in [1.82, 2.24) is 0 Å². The quantitative estimate of drug-likeness (QED) is 0.901. The first-order chi connectivity index (χ1) is 9.66. The predicted molar refractivity (Wildman–Crippen MR) is 77.5 cm³/mol. The molecule has 0 aromatic heterocycles. The van der Waals surface area contributed by atoms with E-state index in [1.54, 1.807) is 14.2 Å². The Bertz CT molecular complexity index is 456. The van der Waals surface area contributed by atoms with E-state index < -0.39 is 0 Å². The predicted octanol–water partition coefficient (Wildman–Crippen LogP) is 3.14. The zero-order valence-electron chi connectivity index (χ0n) is 12.4. The van der Waals surface area contributed by atoms with Crippen LogP contribution in [0.15, 0.2) is 12.1 Å². The molecule has 0 radical (unpaired) electrons. The number of ether oxygens (including phenoxy) is 2. The van der Waals surface area contributed by atoms with Crippen molar-refractivity contribution in [2.75, 3.05) is 20.8 Å². The lowest BCUT2D eigenvalue weighted by atomic mass is 9.69. The van der Waals surface area contributed by atoms with Gasteiger partial charge in [0, 0.05) is 30.7 Å². The molecule has 1 fully saturated rings. The lowest BCUT2D eigenvalue weighted by Crippen LogP contribution is -2.38. The summed E-state index contributed by atoms with van der Waals surface area (Å²) in [6, 6.07) is 3.35. The summed E-state index contributed by atoms with van der Waals surface area (Å²) in [4.78, 5) is 0. The zero-order chi connectivity index (χ0) is 14.6. The molecule has 0 spiro atoms. The van der Waals surface area contributed by atoms with Crippen molar-refractivity contribution in [3.8, 4) is 5.75 Å². The van der Waals surface area contributed by atoms with Gasteiger partial charge in [-0.3, -0.25) is 0 Å². The van der Waals surface area contributed by atoms with Crippen molar-refractivity contribution < 1.29 is 13.9 Å². The number of rotatable bonds is 5. The Morgan fingerprint density at radius 1 is 1.20 bits per heavy atom. The van der Waals surface area contributed by atoms with E-state index in [4.69, 9.17) is 15.2 Å². The molecule has 1 aliphatic carbocycles. The fraction of sp³-hybridized carbons (Fsp3) is 0.625. The van der Waals surface area contributed by atoms with Crippen LogP contribution in [0.2, 0.25) is 0 Å². The molecular weight excluding hydrogens is 257 g/mol. The van der Waals surface area contributed by atoms with Crippen LogP contribution in [0.25, 0.3) is 0 Å². The Morgan fingerprint density at radius 3 is 2.45 bits per heavy atom. The third-order valence-corrected chi connectivity index (χ3v) is 4.44. The van der Waals surface area contributed by atoms with Crippen LogP contribution in [0.1, 0.15) is 43.2 Å². The molecule has 4 heteroatoms. The molecule has 20 heavy (non-hydrogen) atoms.